The minimum absolute atomic E-state index is 0.643. The molecule has 4 nitrogen and oxygen atoms in total. The number of hydrogen-bond donors (Lipinski definition) is 0. The van der Waals surface area contributed by atoms with Crippen LogP contribution in [0.1, 0.15) is 20.3 Å². The molecule has 0 saturated heterocycles. The first kappa shape index (κ1) is 10.8. The zero-order valence-electron chi connectivity index (χ0n) is 9.67. The summed E-state index contributed by atoms with van der Waals surface area (Å²) >= 11 is 0. The van der Waals surface area contributed by atoms with Crippen LogP contribution in [0.25, 0.3) is 11.5 Å². The fourth-order valence-electron chi connectivity index (χ4n) is 1.57. The van der Waals surface area contributed by atoms with E-state index in [0.717, 1.165) is 24.5 Å². The number of nitrogens with zero attached hydrogens (tertiary/aromatic N) is 4. The Kier molecular flexibility index (Phi) is 3.29. The molecule has 16 heavy (non-hydrogen) atoms. The van der Waals surface area contributed by atoms with Gasteiger partial charge in [-0.15, -0.1) is 0 Å². The first-order chi connectivity index (χ1) is 7.81. The van der Waals surface area contributed by atoms with Crippen LogP contribution in [0.4, 0.5) is 0 Å². The molecule has 0 fully saturated rings. The maximum absolute atomic E-state index is 4.33. The van der Waals surface area contributed by atoms with Crippen molar-refractivity contribution >= 4 is 0 Å². The molecule has 0 aliphatic rings. The summed E-state index contributed by atoms with van der Waals surface area (Å²) in [7, 11) is 0. The minimum atomic E-state index is 0.643. The van der Waals surface area contributed by atoms with Crippen LogP contribution in [0.2, 0.25) is 0 Å². The summed E-state index contributed by atoms with van der Waals surface area (Å²) in [6.07, 6.45) is 10.1. The average Bonchev–Trinajstić information content (AvgIpc) is 2.78. The quantitative estimate of drug-likeness (QED) is 0.788. The highest BCUT2D eigenvalue weighted by molar-refractivity contribution is 5.47. The second-order valence-corrected chi connectivity index (χ2v) is 4.01. The summed E-state index contributed by atoms with van der Waals surface area (Å²) in [5, 5.41) is 0. The van der Waals surface area contributed by atoms with Crippen molar-refractivity contribution in [2.75, 3.05) is 0 Å². The average molecular weight is 216 g/mol. The molecule has 0 aromatic carbocycles. The smallest absolute Gasteiger partial charge is 0.160 e. The second kappa shape index (κ2) is 4.88. The molecule has 4 heteroatoms. The van der Waals surface area contributed by atoms with Gasteiger partial charge in [0.15, 0.2) is 5.82 Å². The van der Waals surface area contributed by atoms with Crippen LogP contribution in [-0.2, 0) is 6.54 Å². The molecule has 0 N–H and O–H groups in total. The van der Waals surface area contributed by atoms with Crippen molar-refractivity contribution < 1.29 is 0 Å². The van der Waals surface area contributed by atoms with Crippen molar-refractivity contribution in [3.63, 3.8) is 0 Å². The van der Waals surface area contributed by atoms with Crippen molar-refractivity contribution in [2.45, 2.75) is 26.8 Å². The van der Waals surface area contributed by atoms with E-state index >= 15 is 0 Å². The summed E-state index contributed by atoms with van der Waals surface area (Å²) in [5.41, 5.74) is 0.829. The van der Waals surface area contributed by atoms with Gasteiger partial charge in [-0.3, -0.25) is 4.98 Å². The van der Waals surface area contributed by atoms with Gasteiger partial charge >= 0.3 is 0 Å². The van der Waals surface area contributed by atoms with Gasteiger partial charge in [0.25, 0.3) is 0 Å². The lowest BCUT2D eigenvalue weighted by molar-refractivity contribution is 0.471. The Morgan fingerprint density at radius 2 is 2.12 bits per heavy atom. The minimum Gasteiger partial charge on any atom is -0.329 e. The Morgan fingerprint density at radius 3 is 2.81 bits per heavy atom. The van der Waals surface area contributed by atoms with Crippen LogP contribution in [0.5, 0.6) is 0 Å². The summed E-state index contributed by atoms with van der Waals surface area (Å²) in [6, 6.07) is 0. The molecule has 2 aromatic heterocycles. The molecule has 0 spiro atoms. The lowest BCUT2D eigenvalue weighted by Gasteiger charge is -2.11. The summed E-state index contributed by atoms with van der Waals surface area (Å²) in [5.74, 6) is 1.54. The lowest BCUT2D eigenvalue weighted by atomic mass is 10.1. The lowest BCUT2D eigenvalue weighted by Crippen LogP contribution is -2.07. The standard InChI is InChI=1S/C12H16N4/c1-3-10(2)9-16-7-6-15-12(16)11-8-13-4-5-14-11/h4-8,10H,3,9H2,1-2H3. The molecule has 1 atom stereocenters. The molecule has 2 heterocycles. The molecule has 0 aliphatic heterocycles. The van der Waals surface area contributed by atoms with E-state index in [0.29, 0.717) is 5.92 Å². The third kappa shape index (κ3) is 2.27. The van der Waals surface area contributed by atoms with Crippen LogP contribution in [0.3, 0.4) is 0 Å². The fourth-order valence-corrected chi connectivity index (χ4v) is 1.57. The summed E-state index contributed by atoms with van der Waals surface area (Å²) < 4.78 is 2.14. The Balaban J connectivity index is 2.26. The molecular weight excluding hydrogens is 200 g/mol. The summed E-state index contributed by atoms with van der Waals surface area (Å²) in [6.45, 7) is 5.41. The van der Waals surface area contributed by atoms with Crippen molar-refractivity contribution in [3.05, 3.63) is 31.0 Å². The van der Waals surface area contributed by atoms with Gasteiger partial charge in [0, 0.05) is 31.3 Å². The normalized spacial score (nSPS) is 12.6. The van der Waals surface area contributed by atoms with Crippen molar-refractivity contribution in [2.24, 2.45) is 5.92 Å². The van der Waals surface area contributed by atoms with Crippen LogP contribution in [-0.4, -0.2) is 19.5 Å². The molecule has 2 aromatic rings. The molecule has 2 rings (SSSR count). The molecule has 0 bridgehead atoms. The first-order valence-corrected chi connectivity index (χ1v) is 5.58. The molecule has 0 saturated carbocycles. The van der Waals surface area contributed by atoms with Crippen molar-refractivity contribution in [1.29, 1.82) is 0 Å². The van der Waals surface area contributed by atoms with Gasteiger partial charge in [0.2, 0.25) is 0 Å². The van der Waals surface area contributed by atoms with Gasteiger partial charge in [-0.1, -0.05) is 20.3 Å². The van der Waals surface area contributed by atoms with E-state index in [2.05, 4.69) is 33.4 Å². The van der Waals surface area contributed by atoms with E-state index in [-0.39, 0.29) is 0 Å². The van der Waals surface area contributed by atoms with Crippen molar-refractivity contribution in [3.8, 4) is 11.5 Å². The third-order valence-electron chi connectivity index (χ3n) is 2.71. The Bertz CT molecular complexity index is 435. The molecule has 0 amide bonds. The zero-order valence-corrected chi connectivity index (χ0v) is 9.67. The molecular formula is C12H16N4. The number of hydrogen-bond acceptors (Lipinski definition) is 3. The van der Waals surface area contributed by atoms with Gasteiger partial charge in [-0.2, -0.15) is 0 Å². The number of rotatable bonds is 4. The van der Waals surface area contributed by atoms with E-state index in [1.165, 1.54) is 0 Å². The van der Waals surface area contributed by atoms with E-state index in [1.807, 2.05) is 12.4 Å². The highest BCUT2D eigenvalue weighted by Gasteiger charge is 2.09. The molecule has 1 unspecified atom stereocenters. The second-order valence-electron chi connectivity index (χ2n) is 4.01. The highest BCUT2D eigenvalue weighted by Crippen LogP contribution is 2.15. The van der Waals surface area contributed by atoms with E-state index in [4.69, 9.17) is 0 Å². The van der Waals surface area contributed by atoms with Crippen molar-refractivity contribution in [1.82, 2.24) is 19.5 Å². The Morgan fingerprint density at radius 1 is 1.25 bits per heavy atom. The topological polar surface area (TPSA) is 43.6 Å². The van der Waals surface area contributed by atoms with Crippen LogP contribution < -0.4 is 0 Å². The van der Waals surface area contributed by atoms with E-state index in [1.54, 1.807) is 18.6 Å². The molecule has 84 valence electrons. The molecule has 0 radical (unpaired) electrons. The largest absolute Gasteiger partial charge is 0.329 e. The first-order valence-electron chi connectivity index (χ1n) is 5.58. The molecule has 0 aliphatic carbocycles. The van der Waals surface area contributed by atoms with E-state index in [9.17, 15) is 0 Å². The predicted molar refractivity (Wildman–Crippen MR) is 62.7 cm³/mol. The van der Waals surface area contributed by atoms with Crippen LogP contribution in [0.15, 0.2) is 31.0 Å². The van der Waals surface area contributed by atoms with E-state index < -0.39 is 0 Å². The van der Waals surface area contributed by atoms with Gasteiger partial charge < -0.3 is 4.57 Å². The number of imidazole rings is 1. The van der Waals surface area contributed by atoms with Gasteiger partial charge in [0.05, 0.1) is 6.20 Å². The SMILES string of the molecule is CCC(C)Cn1ccnc1-c1cnccn1. The maximum atomic E-state index is 4.33. The highest BCUT2D eigenvalue weighted by atomic mass is 15.1. The van der Waals surface area contributed by atoms with Crippen LogP contribution in [0, 0.1) is 5.92 Å². The third-order valence-corrected chi connectivity index (χ3v) is 2.71. The Hall–Kier alpha value is -1.71. The number of aromatic nitrogens is 4. The maximum Gasteiger partial charge on any atom is 0.160 e. The fraction of sp³-hybridized carbons (Fsp3) is 0.417. The van der Waals surface area contributed by atoms with Gasteiger partial charge in [0.1, 0.15) is 5.69 Å². The zero-order chi connectivity index (χ0) is 11.4. The van der Waals surface area contributed by atoms with Crippen LogP contribution >= 0.6 is 0 Å². The summed E-state index contributed by atoms with van der Waals surface area (Å²) in [4.78, 5) is 12.7. The monoisotopic (exact) mass is 216 g/mol. The predicted octanol–water partition coefficient (Wildman–Crippen LogP) is 2.39. The van der Waals surface area contributed by atoms with Gasteiger partial charge in [-0.05, 0) is 5.92 Å². The van der Waals surface area contributed by atoms with Gasteiger partial charge in [-0.25, -0.2) is 9.97 Å². The Labute approximate surface area is 95.4 Å².